The van der Waals surface area contributed by atoms with Gasteiger partial charge in [-0.1, -0.05) is 17.7 Å². The van der Waals surface area contributed by atoms with Crippen LogP contribution in [0.25, 0.3) is 0 Å². The number of carbonyl (C=O) groups excluding carboxylic acids is 1. The molecule has 128 valence electrons. The van der Waals surface area contributed by atoms with E-state index >= 15 is 0 Å². The molecule has 0 fully saturated rings. The summed E-state index contributed by atoms with van der Waals surface area (Å²) in [5, 5.41) is 21.5. The molecule has 0 radical (unpaired) electrons. The lowest BCUT2D eigenvalue weighted by molar-refractivity contribution is -0.112. The zero-order valence-corrected chi connectivity index (χ0v) is 14.8. The number of aromatic hydroxyl groups is 1. The first-order chi connectivity index (χ1) is 11.8. The molecule has 0 aromatic heterocycles. The summed E-state index contributed by atoms with van der Waals surface area (Å²) in [4.78, 5) is 14.1. The van der Waals surface area contributed by atoms with E-state index in [1.807, 2.05) is 39.0 Å². The summed E-state index contributed by atoms with van der Waals surface area (Å²) in [5.41, 5.74) is 4.50. The molecule has 0 aliphatic heterocycles. The quantitative estimate of drug-likeness (QED) is 0.658. The number of hydrogen-bond donors (Lipinski definition) is 2. The lowest BCUT2D eigenvalue weighted by atomic mass is 10.0. The molecule has 0 heterocycles. The molecule has 2 aromatic carbocycles. The molecule has 5 nitrogen and oxygen atoms in total. The van der Waals surface area contributed by atoms with Gasteiger partial charge in [0, 0.05) is 24.6 Å². The normalized spacial score (nSPS) is 10.9. The van der Waals surface area contributed by atoms with Crippen molar-refractivity contribution in [3.63, 3.8) is 0 Å². The summed E-state index contributed by atoms with van der Waals surface area (Å²) in [6, 6.07) is 12.4. The molecular weight excluding hydrogens is 314 g/mol. The van der Waals surface area contributed by atoms with Gasteiger partial charge in [0.1, 0.15) is 17.4 Å². The van der Waals surface area contributed by atoms with E-state index in [2.05, 4.69) is 5.32 Å². The Balaban J connectivity index is 2.24. The SMILES string of the molecule is Cc1cc(C)c(NC(=O)/C(C#N)=C\N(C)c2ccc(O)cc2)c(C)c1. The van der Waals surface area contributed by atoms with Crippen LogP contribution in [0.5, 0.6) is 5.75 Å². The first-order valence-electron chi connectivity index (χ1n) is 7.85. The van der Waals surface area contributed by atoms with E-state index < -0.39 is 5.91 Å². The highest BCUT2D eigenvalue weighted by atomic mass is 16.3. The van der Waals surface area contributed by atoms with Gasteiger partial charge in [-0.25, -0.2) is 0 Å². The van der Waals surface area contributed by atoms with E-state index in [0.717, 1.165) is 28.1 Å². The van der Waals surface area contributed by atoms with Crippen LogP contribution >= 0.6 is 0 Å². The Morgan fingerprint density at radius 1 is 1.16 bits per heavy atom. The summed E-state index contributed by atoms with van der Waals surface area (Å²) in [6.07, 6.45) is 1.47. The third-order valence-corrected chi connectivity index (χ3v) is 3.86. The van der Waals surface area contributed by atoms with Crippen LogP contribution in [0.3, 0.4) is 0 Å². The van der Waals surface area contributed by atoms with E-state index in [4.69, 9.17) is 0 Å². The van der Waals surface area contributed by atoms with Gasteiger partial charge in [-0.05, 0) is 56.2 Å². The summed E-state index contributed by atoms with van der Waals surface area (Å²) in [7, 11) is 1.74. The molecule has 2 N–H and O–H groups in total. The van der Waals surface area contributed by atoms with Crippen LogP contribution < -0.4 is 10.2 Å². The number of nitrogens with one attached hydrogen (secondary N) is 1. The van der Waals surface area contributed by atoms with E-state index in [9.17, 15) is 15.2 Å². The van der Waals surface area contributed by atoms with Crippen molar-refractivity contribution in [2.75, 3.05) is 17.3 Å². The number of carbonyl (C=O) groups is 1. The predicted molar refractivity (Wildman–Crippen MR) is 99.5 cm³/mol. The molecule has 0 atom stereocenters. The number of nitrogens with zero attached hydrogens (tertiary/aromatic N) is 2. The van der Waals surface area contributed by atoms with Crippen molar-refractivity contribution in [3.8, 4) is 11.8 Å². The van der Waals surface area contributed by atoms with Crippen molar-refractivity contribution in [1.29, 1.82) is 5.26 Å². The van der Waals surface area contributed by atoms with Gasteiger partial charge in [0.15, 0.2) is 0 Å². The number of benzene rings is 2. The number of anilines is 2. The first kappa shape index (κ1) is 18.1. The topological polar surface area (TPSA) is 76.4 Å². The standard InChI is InChI=1S/C20H21N3O2/c1-13-9-14(2)19(15(3)10-13)22-20(25)16(11-21)12-23(4)17-5-7-18(24)8-6-17/h5-10,12,24H,1-4H3,(H,22,25)/b16-12-. The van der Waals surface area contributed by atoms with Gasteiger partial charge in [0.2, 0.25) is 0 Å². The number of aryl methyl sites for hydroxylation is 3. The maximum Gasteiger partial charge on any atom is 0.267 e. The van der Waals surface area contributed by atoms with Crippen molar-refractivity contribution in [1.82, 2.24) is 0 Å². The maximum atomic E-state index is 12.5. The van der Waals surface area contributed by atoms with Crippen LogP contribution in [0.4, 0.5) is 11.4 Å². The molecular formula is C20H21N3O2. The average molecular weight is 335 g/mol. The zero-order chi connectivity index (χ0) is 18.6. The summed E-state index contributed by atoms with van der Waals surface area (Å²) in [6.45, 7) is 5.85. The van der Waals surface area contributed by atoms with Gasteiger partial charge >= 0.3 is 0 Å². The van der Waals surface area contributed by atoms with Crippen LogP contribution in [0, 0.1) is 32.1 Å². The Morgan fingerprint density at radius 3 is 2.24 bits per heavy atom. The Kier molecular flexibility index (Phi) is 5.45. The predicted octanol–water partition coefficient (Wildman–Crippen LogP) is 3.80. The number of hydrogen-bond acceptors (Lipinski definition) is 4. The summed E-state index contributed by atoms with van der Waals surface area (Å²) >= 11 is 0. The molecule has 0 aliphatic carbocycles. The molecule has 0 unspecified atom stereocenters. The first-order valence-corrected chi connectivity index (χ1v) is 7.85. The summed E-state index contributed by atoms with van der Waals surface area (Å²) < 4.78 is 0. The molecule has 0 saturated heterocycles. The van der Waals surface area contributed by atoms with E-state index in [1.54, 1.807) is 36.2 Å². The van der Waals surface area contributed by atoms with Crippen LogP contribution in [0.2, 0.25) is 0 Å². The number of phenols is 1. The lowest BCUT2D eigenvalue weighted by Gasteiger charge is -2.16. The van der Waals surface area contributed by atoms with Crippen LogP contribution in [-0.2, 0) is 4.79 Å². The van der Waals surface area contributed by atoms with Crippen molar-refractivity contribution in [2.24, 2.45) is 0 Å². The fraction of sp³-hybridized carbons (Fsp3) is 0.200. The highest BCUT2D eigenvalue weighted by molar-refractivity contribution is 6.07. The number of nitriles is 1. The molecule has 1 amide bonds. The van der Waals surface area contributed by atoms with Gasteiger partial charge < -0.3 is 15.3 Å². The smallest absolute Gasteiger partial charge is 0.267 e. The molecule has 25 heavy (non-hydrogen) atoms. The van der Waals surface area contributed by atoms with Gasteiger partial charge in [-0.2, -0.15) is 5.26 Å². The Morgan fingerprint density at radius 2 is 1.72 bits per heavy atom. The fourth-order valence-corrected chi connectivity index (χ4v) is 2.65. The highest BCUT2D eigenvalue weighted by Gasteiger charge is 2.14. The van der Waals surface area contributed by atoms with Crippen LogP contribution in [-0.4, -0.2) is 18.1 Å². The molecule has 0 saturated carbocycles. The Bertz CT molecular complexity index is 838. The minimum atomic E-state index is -0.455. The van der Waals surface area contributed by atoms with E-state index in [0.29, 0.717) is 0 Å². The lowest BCUT2D eigenvalue weighted by Crippen LogP contribution is -2.19. The van der Waals surface area contributed by atoms with Crippen molar-refractivity contribution in [3.05, 3.63) is 64.9 Å². The second kappa shape index (κ2) is 7.54. The van der Waals surface area contributed by atoms with Crippen molar-refractivity contribution < 1.29 is 9.90 Å². The highest BCUT2D eigenvalue weighted by Crippen LogP contribution is 2.23. The summed E-state index contributed by atoms with van der Waals surface area (Å²) in [5.74, 6) is -0.298. The third-order valence-electron chi connectivity index (χ3n) is 3.86. The second-order valence-electron chi connectivity index (χ2n) is 6.01. The van der Waals surface area contributed by atoms with Gasteiger partial charge in [0.05, 0.1) is 0 Å². The molecule has 5 heteroatoms. The number of rotatable bonds is 4. The average Bonchev–Trinajstić information content (AvgIpc) is 2.56. The van der Waals surface area contributed by atoms with Crippen molar-refractivity contribution >= 4 is 17.3 Å². The van der Waals surface area contributed by atoms with E-state index in [1.165, 1.54) is 6.20 Å². The van der Waals surface area contributed by atoms with Crippen LogP contribution in [0.15, 0.2) is 48.2 Å². The zero-order valence-electron chi connectivity index (χ0n) is 14.8. The third kappa shape index (κ3) is 4.39. The maximum absolute atomic E-state index is 12.5. The fourth-order valence-electron chi connectivity index (χ4n) is 2.65. The Labute approximate surface area is 147 Å². The molecule has 2 rings (SSSR count). The van der Waals surface area contributed by atoms with Gasteiger partial charge in [0.25, 0.3) is 5.91 Å². The molecule has 0 bridgehead atoms. The van der Waals surface area contributed by atoms with Gasteiger partial charge in [-0.3, -0.25) is 4.79 Å². The van der Waals surface area contributed by atoms with Crippen molar-refractivity contribution in [2.45, 2.75) is 20.8 Å². The van der Waals surface area contributed by atoms with Crippen LogP contribution in [0.1, 0.15) is 16.7 Å². The minimum absolute atomic E-state index is 0.00468. The largest absolute Gasteiger partial charge is 0.508 e. The van der Waals surface area contributed by atoms with E-state index in [-0.39, 0.29) is 11.3 Å². The molecule has 0 spiro atoms. The monoisotopic (exact) mass is 335 g/mol. The minimum Gasteiger partial charge on any atom is -0.508 e. The number of amides is 1. The molecule has 0 aliphatic rings. The number of phenolic OH excluding ortho intramolecular Hbond substituents is 1. The molecule has 2 aromatic rings. The van der Waals surface area contributed by atoms with Gasteiger partial charge in [-0.15, -0.1) is 0 Å². The Hall–Kier alpha value is -3.26. The second-order valence-corrected chi connectivity index (χ2v) is 6.01.